The molecule has 0 unspecified atom stereocenters. The smallest absolute Gasteiger partial charge is 0.398 e. The number of nitrogens with zero attached hydrogens (tertiary/aromatic N) is 6. The minimum absolute atomic E-state index is 0.460. The molecular weight excluding hydrogens is 1080 g/mol. The summed E-state index contributed by atoms with van der Waals surface area (Å²) in [5.74, 6) is 0. The molecule has 4 aromatic carbocycles. The third-order valence-corrected chi connectivity index (χ3v) is 18.6. The maximum absolute atomic E-state index is 6.29. The number of aromatic nitrogens is 6. The molecule has 15 heteroatoms. The van der Waals surface area contributed by atoms with E-state index in [1.807, 2.05) is 157 Å². The molecule has 9 heterocycles. The van der Waals surface area contributed by atoms with Crippen LogP contribution in [0.3, 0.4) is 0 Å². The Kier molecular flexibility index (Phi) is 14.5. The van der Waals surface area contributed by atoms with Crippen molar-refractivity contribution in [3.8, 4) is 101 Å². The fourth-order valence-corrected chi connectivity index (χ4v) is 11.2. The Morgan fingerprint density at radius 3 is 0.632 bits per heavy atom. The lowest BCUT2D eigenvalue weighted by atomic mass is 9.84. The topological polar surface area (TPSA) is 133 Å². The van der Waals surface area contributed by atoms with Crippen molar-refractivity contribution in [3.05, 3.63) is 201 Å². The summed E-state index contributed by atoms with van der Waals surface area (Å²) in [6.45, 7) is 24.6. The zero-order valence-electron chi connectivity index (χ0n) is 51.4. The van der Waals surface area contributed by atoms with Crippen molar-refractivity contribution in [3.63, 3.8) is 0 Å². The summed E-state index contributed by atoms with van der Waals surface area (Å²) >= 11 is 0. The lowest BCUT2D eigenvalue weighted by Crippen LogP contribution is -2.41. The Labute approximate surface area is 511 Å². The molecule has 0 bridgehead atoms. The minimum atomic E-state index is -0.546. The van der Waals surface area contributed by atoms with E-state index in [1.54, 1.807) is 0 Å². The Hall–Kier alpha value is -8.27. The molecule has 0 atom stereocenters. The molecule has 6 aromatic heterocycles. The first-order valence-electron chi connectivity index (χ1n) is 29.8. The van der Waals surface area contributed by atoms with E-state index in [2.05, 4.69) is 127 Å². The van der Waals surface area contributed by atoms with Gasteiger partial charge in [-0.25, -0.2) is 0 Å². The van der Waals surface area contributed by atoms with Crippen LogP contribution >= 0.6 is 0 Å². The molecule has 3 fully saturated rings. The Bertz CT molecular complexity index is 3690. The standard InChI is InChI=1S/C72H69B3N6O6/c1-67(2)68(3,4)83-73(82-67)64-34-28-49(43-79-64)61-31-25-46(40-76-61)55-19-13-16-22-58(55)52-37-53(59-23-17-14-20-56(59)47-26-32-62(77-41-47)50-29-35-65(80-44-50)74-84-69(5,6)70(7,8)85-74)39-54(38-52)60-24-18-15-21-57(60)48-27-33-63(78-42-48)51-30-36-66(81-45-51)75-86-71(9,10)72(11,12)87-75/h13-45H,1-12H3. The lowest BCUT2D eigenvalue weighted by molar-refractivity contribution is 0.00578. The van der Waals surface area contributed by atoms with E-state index >= 15 is 0 Å². The predicted octanol–water partition coefficient (Wildman–Crippen LogP) is 14.0. The lowest BCUT2D eigenvalue weighted by Gasteiger charge is -2.32. The Balaban J connectivity index is 0.844. The van der Waals surface area contributed by atoms with E-state index in [1.165, 1.54) is 0 Å². The van der Waals surface area contributed by atoms with Crippen molar-refractivity contribution in [2.45, 2.75) is 117 Å². The van der Waals surface area contributed by atoms with Crippen LogP contribution in [-0.4, -0.2) is 84.9 Å². The third-order valence-electron chi connectivity index (χ3n) is 18.6. The Morgan fingerprint density at radius 2 is 0.437 bits per heavy atom. The van der Waals surface area contributed by atoms with Crippen LogP contribution < -0.4 is 16.8 Å². The third kappa shape index (κ3) is 11.0. The van der Waals surface area contributed by atoms with Crippen molar-refractivity contribution >= 4 is 38.1 Å². The highest BCUT2D eigenvalue weighted by molar-refractivity contribution is 6.62. The van der Waals surface area contributed by atoms with Crippen LogP contribution in [0.4, 0.5) is 0 Å². The number of benzene rings is 4. The molecule has 87 heavy (non-hydrogen) atoms. The van der Waals surface area contributed by atoms with Gasteiger partial charge in [0.15, 0.2) is 0 Å². The van der Waals surface area contributed by atoms with E-state index in [0.717, 1.165) is 117 Å². The molecule has 12 nitrogen and oxygen atoms in total. The molecule has 0 amide bonds. The average Bonchev–Trinajstić information content (AvgIpc) is 1.80. The van der Waals surface area contributed by atoms with Gasteiger partial charge in [0.05, 0.1) is 67.5 Å². The first kappa shape index (κ1) is 57.8. The highest BCUT2D eigenvalue weighted by Gasteiger charge is 2.54. The normalized spacial score (nSPS) is 17.9. The van der Waals surface area contributed by atoms with Crippen LogP contribution in [0.1, 0.15) is 83.1 Å². The van der Waals surface area contributed by atoms with Crippen LogP contribution in [0.5, 0.6) is 0 Å². The number of hydrogen-bond acceptors (Lipinski definition) is 12. The average molecular weight is 1150 g/mol. The molecule has 0 radical (unpaired) electrons. The quantitative estimate of drug-likeness (QED) is 0.108. The summed E-state index contributed by atoms with van der Waals surface area (Å²) < 4.78 is 37.7. The summed E-state index contributed by atoms with van der Waals surface area (Å²) in [4.78, 5) is 29.4. The van der Waals surface area contributed by atoms with Gasteiger partial charge in [-0.2, -0.15) is 0 Å². The molecule has 0 N–H and O–H groups in total. The van der Waals surface area contributed by atoms with Crippen LogP contribution in [0.25, 0.3) is 101 Å². The molecule has 3 aliphatic rings. The van der Waals surface area contributed by atoms with Crippen LogP contribution in [0, 0.1) is 0 Å². The van der Waals surface area contributed by atoms with E-state index in [4.69, 9.17) is 57.8 Å². The molecule has 0 spiro atoms. The van der Waals surface area contributed by atoms with Gasteiger partial charge in [-0.3, -0.25) is 29.9 Å². The van der Waals surface area contributed by atoms with Crippen molar-refractivity contribution in [2.75, 3.05) is 0 Å². The highest BCUT2D eigenvalue weighted by atomic mass is 16.7. The summed E-state index contributed by atoms with van der Waals surface area (Å²) in [6.07, 6.45) is 11.4. The molecule has 3 saturated heterocycles. The van der Waals surface area contributed by atoms with Gasteiger partial charge in [-0.1, -0.05) is 109 Å². The fourth-order valence-electron chi connectivity index (χ4n) is 11.2. The van der Waals surface area contributed by atoms with Gasteiger partial charge in [-0.15, -0.1) is 0 Å². The molecule has 0 aliphatic carbocycles. The number of pyridine rings is 6. The molecule has 13 rings (SSSR count). The maximum atomic E-state index is 6.29. The number of hydrogen-bond donors (Lipinski definition) is 0. The second-order valence-corrected chi connectivity index (χ2v) is 25.9. The van der Waals surface area contributed by atoms with E-state index in [9.17, 15) is 0 Å². The van der Waals surface area contributed by atoms with E-state index < -0.39 is 55.0 Å². The van der Waals surface area contributed by atoms with Crippen molar-refractivity contribution in [2.24, 2.45) is 0 Å². The largest absolute Gasteiger partial charge is 0.514 e. The van der Waals surface area contributed by atoms with Gasteiger partial charge in [0, 0.05) is 70.6 Å². The zero-order valence-corrected chi connectivity index (χ0v) is 51.4. The molecular formula is C72H69B3N6O6. The highest BCUT2D eigenvalue weighted by Crippen LogP contribution is 2.44. The monoisotopic (exact) mass is 1150 g/mol. The van der Waals surface area contributed by atoms with E-state index in [-0.39, 0.29) is 0 Å². The molecule has 3 aliphatic heterocycles. The molecule has 10 aromatic rings. The first-order chi connectivity index (χ1) is 41.5. The summed E-state index contributed by atoms with van der Waals surface area (Å²) in [5, 5.41) is 0. The zero-order chi connectivity index (χ0) is 60.7. The van der Waals surface area contributed by atoms with Crippen LogP contribution in [0.2, 0.25) is 0 Å². The van der Waals surface area contributed by atoms with Gasteiger partial charge in [-0.05, 0) is 188 Å². The van der Waals surface area contributed by atoms with E-state index in [0.29, 0.717) is 0 Å². The van der Waals surface area contributed by atoms with Gasteiger partial charge in [0.25, 0.3) is 0 Å². The summed E-state index contributed by atoms with van der Waals surface area (Å²) in [7, 11) is -1.64. The first-order valence-corrected chi connectivity index (χ1v) is 29.8. The maximum Gasteiger partial charge on any atom is 0.514 e. The SMILES string of the molecule is CC1(C)OB(c2ccc(-c3ccc(-c4ccccc4-c4cc(-c5ccccc5-c5ccc(-c6ccc(B7OC(C)(C)C(C)(C)O7)nc6)nc5)cc(-c5ccccc5-c5ccc(-c6ccc(B7OC(C)(C)C(C)(C)O7)nc6)nc5)c4)cn3)cn2)OC1(C)C. The Morgan fingerprint density at radius 1 is 0.230 bits per heavy atom. The van der Waals surface area contributed by atoms with Crippen LogP contribution in [0.15, 0.2) is 201 Å². The number of rotatable bonds is 12. The summed E-state index contributed by atoms with van der Waals surface area (Å²) in [6, 6.07) is 57.1. The minimum Gasteiger partial charge on any atom is -0.398 e. The second kappa shape index (κ2) is 21.9. The summed E-state index contributed by atoms with van der Waals surface area (Å²) in [5.41, 5.74) is 17.0. The van der Waals surface area contributed by atoms with Gasteiger partial charge >= 0.3 is 21.4 Å². The van der Waals surface area contributed by atoms with Gasteiger partial charge < -0.3 is 27.9 Å². The van der Waals surface area contributed by atoms with Crippen molar-refractivity contribution in [1.29, 1.82) is 0 Å². The van der Waals surface area contributed by atoms with Gasteiger partial charge in [0.1, 0.15) is 0 Å². The van der Waals surface area contributed by atoms with Crippen LogP contribution in [-0.2, 0) is 27.9 Å². The van der Waals surface area contributed by atoms with Crippen molar-refractivity contribution < 1.29 is 27.9 Å². The van der Waals surface area contributed by atoms with Gasteiger partial charge in [0.2, 0.25) is 0 Å². The fraction of sp³-hybridized carbons (Fsp3) is 0.250. The molecule has 432 valence electrons. The molecule has 0 saturated carbocycles. The van der Waals surface area contributed by atoms with Crippen molar-refractivity contribution in [1.82, 2.24) is 29.9 Å². The second-order valence-electron chi connectivity index (χ2n) is 25.9. The predicted molar refractivity (Wildman–Crippen MR) is 349 cm³/mol.